The van der Waals surface area contributed by atoms with Crippen LogP contribution in [0.4, 0.5) is 0 Å². The lowest BCUT2D eigenvalue weighted by Crippen LogP contribution is -2.30. The van der Waals surface area contributed by atoms with Crippen LogP contribution in [0.5, 0.6) is 0 Å². The van der Waals surface area contributed by atoms with E-state index >= 15 is 0 Å². The van der Waals surface area contributed by atoms with Crippen LogP contribution in [0, 0.1) is 5.41 Å². The van der Waals surface area contributed by atoms with E-state index in [0.717, 1.165) is 11.1 Å². The molecule has 2 aliphatic carbocycles. The zero-order valence-corrected chi connectivity index (χ0v) is 10.5. The van der Waals surface area contributed by atoms with Crippen molar-refractivity contribution in [1.29, 1.82) is 0 Å². The van der Waals surface area contributed by atoms with Gasteiger partial charge in [-0.05, 0) is 44.3 Å². The molecular formula is C14H18O3. The summed E-state index contributed by atoms with van der Waals surface area (Å²) in [6, 6.07) is 0. The number of Topliss-reactive ketones (excluding diaryl/α,β-unsaturated/α-hetero) is 3. The van der Waals surface area contributed by atoms with Gasteiger partial charge in [-0.25, -0.2) is 0 Å². The van der Waals surface area contributed by atoms with Gasteiger partial charge >= 0.3 is 0 Å². The smallest absolute Gasteiger partial charge is 0.158 e. The lowest BCUT2D eigenvalue weighted by Gasteiger charge is -2.31. The largest absolute Gasteiger partial charge is 0.300 e. The van der Waals surface area contributed by atoms with Crippen molar-refractivity contribution in [3.63, 3.8) is 0 Å². The molecule has 2 aliphatic rings. The van der Waals surface area contributed by atoms with Crippen molar-refractivity contribution in [1.82, 2.24) is 0 Å². The van der Waals surface area contributed by atoms with Gasteiger partial charge in [0.25, 0.3) is 0 Å². The third-order valence-corrected chi connectivity index (χ3v) is 4.16. The Labute approximate surface area is 101 Å². The first-order chi connectivity index (χ1) is 7.95. The Kier molecular flexibility index (Phi) is 3.02. The molecule has 0 N–H and O–H groups in total. The van der Waals surface area contributed by atoms with Crippen LogP contribution in [-0.2, 0) is 14.4 Å². The Bertz CT molecular complexity index is 431. The molecule has 3 heteroatoms. The topological polar surface area (TPSA) is 51.2 Å². The Balaban J connectivity index is 2.34. The lowest BCUT2D eigenvalue weighted by atomic mass is 9.71. The quantitative estimate of drug-likeness (QED) is 0.753. The minimum absolute atomic E-state index is 0.0995. The Hall–Kier alpha value is -1.25. The van der Waals surface area contributed by atoms with E-state index in [9.17, 15) is 14.4 Å². The van der Waals surface area contributed by atoms with Gasteiger partial charge in [0.2, 0.25) is 0 Å². The summed E-state index contributed by atoms with van der Waals surface area (Å²) in [6.45, 7) is 3.50. The fraction of sp³-hybridized carbons (Fsp3) is 0.643. The fourth-order valence-electron chi connectivity index (χ4n) is 3.01. The van der Waals surface area contributed by atoms with E-state index in [2.05, 4.69) is 0 Å². The second-order valence-electron chi connectivity index (χ2n) is 5.34. The van der Waals surface area contributed by atoms with Gasteiger partial charge in [-0.2, -0.15) is 0 Å². The molecule has 1 atom stereocenters. The van der Waals surface area contributed by atoms with Crippen LogP contribution in [0.25, 0.3) is 0 Å². The molecule has 1 saturated carbocycles. The molecule has 0 bridgehead atoms. The fourth-order valence-corrected chi connectivity index (χ4v) is 3.01. The van der Waals surface area contributed by atoms with Crippen LogP contribution in [-0.4, -0.2) is 17.3 Å². The van der Waals surface area contributed by atoms with Crippen LogP contribution in [0.1, 0.15) is 52.4 Å². The number of rotatable bonds is 3. The molecule has 0 aliphatic heterocycles. The molecule has 92 valence electrons. The molecule has 0 radical (unpaired) electrons. The highest BCUT2D eigenvalue weighted by molar-refractivity contribution is 6.03. The van der Waals surface area contributed by atoms with E-state index in [1.54, 1.807) is 0 Å². The van der Waals surface area contributed by atoms with E-state index < -0.39 is 5.41 Å². The maximum absolute atomic E-state index is 11.9. The number of allylic oxidation sites excluding steroid dienone is 2. The summed E-state index contributed by atoms with van der Waals surface area (Å²) in [5, 5.41) is 0. The van der Waals surface area contributed by atoms with Crippen LogP contribution in [0.3, 0.4) is 0 Å². The Morgan fingerprint density at radius 3 is 2.59 bits per heavy atom. The molecule has 0 aromatic heterocycles. The molecule has 0 heterocycles. The average Bonchev–Trinajstić information content (AvgIpc) is 2.55. The van der Waals surface area contributed by atoms with Crippen LogP contribution in [0.2, 0.25) is 0 Å². The van der Waals surface area contributed by atoms with E-state index in [0.29, 0.717) is 38.5 Å². The summed E-state index contributed by atoms with van der Waals surface area (Å²) < 4.78 is 0. The Morgan fingerprint density at radius 2 is 1.94 bits per heavy atom. The van der Waals surface area contributed by atoms with Crippen LogP contribution in [0.15, 0.2) is 11.1 Å². The van der Waals surface area contributed by atoms with E-state index in [-0.39, 0.29) is 17.3 Å². The summed E-state index contributed by atoms with van der Waals surface area (Å²) in [5.74, 6) is 0.510. The minimum Gasteiger partial charge on any atom is -0.300 e. The van der Waals surface area contributed by atoms with Crippen LogP contribution >= 0.6 is 0 Å². The predicted octanol–water partition coefficient (Wildman–Crippen LogP) is 2.38. The number of hydrogen-bond donors (Lipinski definition) is 0. The zero-order chi connectivity index (χ0) is 12.6. The second kappa shape index (κ2) is 4.21. The van der Waals surface area contributed by atoms with Gasteiger partial charge in [0.1, 0.15) is 11.6 Å². The molecule has 0 unspecified atom stereocenters. The van der Waals surface area contributed by atoms with Crippen molar-refractivity contribution < 1.29 is 14.4 Å². The minimum atomic E-state index is -0.403. The van der Waals surface area contributed by atoms with Gasteiger partial charge in [0.05, 0.1) is 0 Å². The highest BCUT2D eigenvalue weighted by Crippen LogP contribution is 2.48. The summed E-state index contributed by atoms with van der Waals surface area (Å²) in [4.78, 5) is 34.9. The predicted molar refractivity (Wildman–Crippen MR) is 63.5 cm³/mol. The lowest BCUT2D eigenvalue weighted by molar-refractivity contribution is -0.125. The first kappa shape index (κ1) is 12.2. The first-order valence-corrected chi connectivity index (χ1v) is 6.23. The number of carbonyl (C=O) groups excluding carboxylic acids is 3. The molecule has 3 nitrogen and oxygen atoms in total. The summed E-state index contributed by atoms with van der Waals surface area (Å²) in [5.41, 5.74) is 1.40. The van der Waals surface area contributed by atoms with Gasteiger partial charge in [-0.15, -0.1) is 0 Å². The molecule has 0 saturated heterocycles. The van der Waals surface area contributed by atoms with Gasteiger partial charge in [-0.1, -0.05) is 0 Å². The van der Waals surface area contributed by atoms with Crippen LogP contribution < -0.4 is 0 Å². The SMILES string of the molecule is CC(=O)CCC1=C2CCC(=O)[C@@]2(C)CCC1=O. The maximum atomic E-state index is 11.9. The molecule has 0 amide bonds. The first-order valence-electron chi connectivity index (χ1n) is 6.23. The number of carbonyl (C=O) groups is 3. The molecule has 2 rings (SSSR count). The third kappa shape index (κ3) is 1.99. The van der Waals surface area contributed by atoms with E-state index in [1.165, 1.54) is 6.92 Å². The van der Waals surface area contributed by atoms with E-state index in [4.69, 9.17) is 0 Å². The van der Waals surface area contributed by atoms with Gasteiger partial charge in [-0.3, -0.25) is 9.59 Å². The van der Waals surface area contributed by atoms with E-state index in [1.807, 2.05) is 6.92 Å². The molecule has 0 aromatic carbocycles. The van der Waals surface area contributed by atoms with Crippen molar-refractivity contribution in [2.24, 2.45) is 5.41 Å². The van der Waals surface area contributed by atoms with Gasteiger partial charge in [0.15, 0.2) is 5.78 Å². The van der Waals surface area contributed by atoms with Crippen molar-refractivity contribution in [2.75, 3.05) is 0 Å². The number of hydrogen-bond acceptors (Lipinski definition) is 3. The number of ketones is 3. The Morgan fingerprint density at radius 1 is 1.24 bits per heavy atom. The molecule has 17 heavy (non-hydrogen) atoms. The van der Waals surface area contributed by atoms with Crippen molar-refractivity contribution in [3.05, 3.63) is 11.1 Å². The summed E-state index contributed by atoms with van der Waals surface area (Å²) in [6.07, 6.45) is 3.32. The van der Waals surface area contributed by atoms with Gasteiger partial charge in [0, 0.05) is 24.7 Å². The van der Waals surface area contributed by atoms with Crippen molar-refractivity contribution >= 4 is 17.3 Å². The maximum Gasteiger partial charge on any atom is 0.158 e. The standard InChI is InChI=1S/C14H18O3/c1-9(15)3-4-10-11-5-6-13(17)14(11,2)8-7-12(10)16/h3-8H2,1-2H3/t14-/m0/s1. The van der Waals surface area contributed by atoms with Gasteiger partial charge < -0.3 is 4.79 Å². The molecular weight excluding hydrogens is 216 g/mol. The van der Waals surface area contributed by atoms with Crippen molar-refractivity contribution in [3.8, 4) is 0 Å². The molecule has 1 fully saturated rings. The number of fused-ring (bicyclic) bond motifs is 1. The highest BCUT2D eigenvalue weighted by atomic mass is 16.1. The normalized spacial score (nSPS) is 28.6. The highest BCUT2D eigenvalue weighted by Gasteiger charge is 2.46. The summed E-state index contributed by atoms with van der Waals surface area (Å²) in [7, 11) is 0. The second-order valence-corrected chi connectivity index (χ2v) is 5.34. The molecule has 0 spiro atoms. The molecule has 0 aromatic rings. The monoisotopic (exact) mass is 234 g/mol. The third-order valence-electron chi connectivity index (χ3n) is 4.16. The average molecular weight is 234 g/mol. The summed E-state index contributed by atoms with van der Waals surface area (Å²) >= 11 is 0. The zero-order valence-electron chi connectivity index (χ0n) is 10.5. The van der Waals surface area contributed by atoms with Crippen molar-refractivity contribution in [2.45, 2.75) is 52.4 Å².